The molecule has 0 bridgehead atoms. The Hall–Kier alpha value is -4.40. The Labute approximate surface area is 183 Å². The van der Waals surface area contributed by atoms with E-state index in [1.54, 1.807) is 35.3 Å². The maximum Gasteiger partial charge on any atom is 0.291 e. The van der Waals surface area contributed by atoms with Crippen LogP contribution in [0, 0.1) is 24.0 Å². The van der Waals surface area contributed by atoms with E-state index in [4.69, 9.17) is 9.15 Å². The number of aryl methyl sites for hydroxylation is 2. The van der Waals surface area contributed by atoms with Gasteiger partial charge in [-0.25, -0.2) is 0 Å². The minimum atomic E-state index is -0.541. The van der Waals surface area contributed by atoms with E-state index in [1.165, 1.54) is 18.2 Å². The fourth-order valence-electron chi connectivity index (χ4n) is 3.10. The number of nitrogens with zero attached hydrogens (tertiary/aromatic N) is 3. The summed E-state index contributed by atoms with van der Waals surface area (Å²) in [6.45, 7) is 4.19. The molecule has 2 heterocycles. The molecule has 0 unspecified atom stereocenters. The lowest BCUT2D eigenvalue weighted by Crippen LogP contribution is -2.11. The molecule has 162 valence electrons. The summed E-state index contributed by atoms with van der Waals surface area (Å²) in [6.07, 6.45) is 3.43. The first-order valence-electron chi connectivity index (χ1n) is 9.79. The van der Waals surface area contributed by atoms with Gasteiger partial charge in [0.05, 0.1) is 23.2 Å². The van der Waals surface area contributed by atoms with Crippen molar-refractivity contribution >= 4 is 17.3 Å². The van der Waals surface area contributed by atoms with E-state index in [9.17, 15) is 14.9 Å². The summed E-state index contributed by atoms with van der Waals surface area (Å²) in [5.41, 5.74) is 1.89. The third kappa shape index (κ3) is 4.84. The van der Waals surface area contributed by atoms with E-state index >= 15 is 0 Å². The zero-order valence-corrected chi connectivity index (χ0v) is 17.4. The molecule has 9 heteroatoms. The number of anilines is 1. The maximum absolute atomic E-state index is 12.6. The van der Waals surface area contributed by atoms with Crippen molar-refractivity contribution in [2.24, 2.45) is 0 Å². The van der Waals surface area contributed by atoms with Crippen molar-refractivity contribution in [2.75, 3.05) is 5.32 Å². The minimum absolute atomic E-state index is 0.0793. The van der Waals surface area contributed by atoms with E-state index in [0.717, 1.165) is 11.1 Å². The molecule has 0 spiro atoms. The van der Waals surface area contributed by atoms with Crippen LogP contribution in [0.25, 0.3) is 0 Å². The number of non-ortho nitro benzene ring substituents is 1. The van der Waals surface area contributed by atoms with Crippen molar-refractivity contribution in [1.82, 2.24) is 9.78 Å². The zero-order chi connectivity index (χ0) is 22.7. The summed E-state index contributed by atoms with van der Waals surface area (Å²) in [4.78, 5) is 23.5. The van der Waals surface area contributed by atoms with Crippen LogP contribution in [0.2, 0.25) is 0 Å². The quantitative estimate of drug-likeness (QED) is 0.321. The third-order valence-electron chi connectivity index (χ3n) is 4.69. The Balaban J connectivity index is 1.55. The molecule has 4 rings (SSSR count). The molecule has 0 aliphatic rings. The van der Waals surface area contributed by atoms with E-state index in [0.29, 0.717) is 18.1 Å². The highest BCUT2D eigenvalue weighted by molar-refractivity contribution is 6.02. The molecule has 0 saturated carbocycles. The largest absolute Gasteiger partial charge is 0.457 e. The van der Waals surface area contributed by atoms with Crippen LogP contribution in [-0.4, -0.2) is 20.6 Å². The van der Waals surface area contributed by atoms with Gasteiger partial charge in [0.2, 0.25) is 0 Å². The van der Waals surface area contributed by atoms with Gasteiger partial charge in [-0.3, -0.25) is 19.6 Å². The number of hydrogen-bond donors (Lipinski definition) is 1. The Bertz CT molecular complexity index is 1280. The molecular formula is C23H20N4O5. The molecule has 0 aliphatic heterocycles. The number of carbonyl (C=O) groups excluding carboxylic acids is 1. The zero-order valence-electron chi connectivity index (χ0n) is 17.4. The van der Waals surface area contributed by atoms with Crippen LogP contribution >= 0.6 is 0 Å². The molecular weight excluding hydrogens is 412 g/mol. The van der Waals surface area contributed by atoms with Crippen LogP contribution in [-0.2, 0) is 6.54 Å². The fraction of sp³-hybridized carbons (Fsp3) is 0.130. The minimum Gasteiger partial charge on any atom is -0.457 e. The van der Waals surface area contributed by atoms with Crippen molar-refractivity contribution in [3.05, 3.63) is 99.8 Å². The van der Waals surface area contributed by atoms with Crippen molar-refractivity contribution in [3.8, 4) is 11.5 Å². The number of hydrogen-bond acceptors (Lipinski definition) is 6. The number of ether oxygens (including phenoxy) is 1. The molecule has 0 radical (unpaired) electrons. The molecule has 2 aromatic heterocycles. The van der Waals surface area contributed by atoms with Gasteiger partial charge in [-0.2, -0.15) is 5.10 Å². The Kier molecular flexibility index (Phi) is 5.71. The lowest BCUT2D eigenvalue weighted by Gasteiger charge is -2.11. The summed E-state index contributed by atoms with van der Waals surface area (Å²) in [5, 5.41) is 18.1. The highest BCUT2D eigenvalue weighted by atomic mass is 16.6. The number of nitro benzene ring substituents is 1. The number of carbonyl (C=O) groups is 1. The normalized spacial score (nSPS) is 10.7. The average Bonchev–Trinajstić information content (AvgIpc) is 3.43. The highest BCUT2D eigenvalue weighted by Crippen LogP contribution is 2.32. The first-order chi connectivity index (χ1) is 15.4. The van der Waals surface area contributed by atoms with E-state index < -0.39 is 10.8 Å². The van der Waals surface area contributed by atoms with Crippen LogP contribution < -0.4 is 10.1 Å². The van der Waals surface area contributed by atoms with Crippen LogP contribution in [0.5, 0.6) is 11.5 Å². The predicted octanol–water partition coefficient (Wildman–Crippen LogP) is 5.09. The number of nitro groups is 1. The van der Waals surface area contributed by atoms with Gasteiger partial charge >= 0.3 is 0 Å². The van der Waals surface area contributed by atoms with Crippen LogP contribution in [0.4, 0.5) is 11.4 Å². The third-order valence-corrected chi connectivity index (χ3v) is 4.69. The highest BCUT2D eigenvalue weighted by Gasteiger charge is 2.17. The molecule has 9 nitrogen and oxygen atoms in total. The molecule has 4 aromatic rings. The SMILES string of the molecule is Cc1ccc(C)c(Oc2cc(NC(=O)c3ccc(Cn4cccn4)o3)cc([N+](=O)[O-])c2)c1. The lowest BCUT2D eigenvalue weighted by atomic mass is 10.1. The molecule has 0 saturated heterocycles. The van der Waals surface area contributed by atoms with Gasteiger partial charge < -0.3 is 14.5 Å². The average molecular weight is 432 g/mol. The van der Waals surface area contributed by atoms with Gasteiger partial charge in [-0.05, 0) is 49.2 Å². The second-order valence-electron chi connectivity index (χ2n) is 7.27. The summed E-state index contributed by atoms with van der Waals surface area (Å²) in [5.74, 6) is 0.918. The summed E-state index contributed by atoms with van der Waals surface area (Å²) in [6, 6.07) is 14.8. The standard InChI is InChI=1S/C23H20N4O5/c1-15-4-5-16(2)22(10-15)32-20-12-17(11-18(13-20)27(29)30)25-23(28)21-7-6-19(31-21)14-26-9-3-8-24-26/h3-13H,14H2,1-2H3,(H,25,28). The van der Waals surface area contributed by atoms with Crippen molar-refractivity contribution in [1.29, 1.82) is 0 Å². The number of nitrogens with one attached hydrogen (secondary N) is 1. The topological polar surface area (TPSA) is 112 Å². The Morgan fingerprint density at radius 3 is 2.78 bits per heavy atom. The molecule has 0 aliphatic carbocycles. The van der Waals surface area contributed by atoms with Gasteiger partial charge in [0, 0.05) is 24.5 Å². The monoisotopic (exact) mass is 432 g/mol. The van der Waals surface area contributed by atoms with Gasteiger partial charge in [-0.1, -0.05) is 12.1 Å². The van der Waals surface area contributed by atoms with Gasteiger partial charge in [0.25, 0.3) is 11.6 Å². The van der Waals surface area contributed by atoms with E-state index in [-0.39, 0.29) is 22.9 Å². The molecule has 0 fully saturated rings. The van der Waals surface area contributed by atoms with Crippen molar-refractivity contribution in [3.63, 3.8) is 0 Å². The van der Waals surface area contributed by atoms with Gasteiger partial charge in [-0.15, -0.1) is 0 Å². The number of rotatable bonds is 7. The second-order valence-corrected chi connectivity index (χ2v) is 7.27. The number of aromatic nitrogens is 2. The molecule has 0 atom stereocenters. The first-order valence-corrected chi connectivity index (χ1v) is 9.79. The smallest absolute Gasteiger partial charge is 0.291 e. The first kappa shape index (κ1) is 20.9. The molecule has 1 amide bonds. The van der Waals surface area contributed by atoms with Crippen molar-refractivity contribution in [2.45, 2.75) is 20.4 Å². The summed E-state index contributed by atoms with van der Waals surface area (Å²) in [7, 11) is 0. The fourth-order valence-corrected chi connectivity index (χ4v) is 3.10. The van der Waals surface area contributed by atoms with Crippen molar-refractivity contribution < 1.29 is 18.9 Å². The summed E-state index contributed by atoms with van der Waals surface area (Å²) >= 11 is 0. The number of amides is 1. The predicted molar refractivity (Wildman–Crippen MR) is 117 cm³/mol. The Morgan fingerprint density at radius 2 is 2.03 bits per heavy atom. The number of furan rings is 1. The van der Waals surface area contributed by atoms with Crippen LogP contribution in [0.3, 0.4) is 0 Å². The van der Waals surface area contributed by atoms with Crippen LogP contribution in [0.1, 0.15) is 27.4 Å². The molecule has 1 N–H and O–H groups in total. The van der Waals surface area contributed by atoms with Gasteiger partial charge in [0.15, 0.2) is 5.76 Å². The lowest BCUT2D eigenvalue weighted by molar-refractivity contribution is -0.384. The second kappa shape index (κ2) is 8.76. The Morgan fingerprint density at radius 1 is 1.19 bits per heavy atom. The molecule has 2 aromatic carbocycles. The van der Waals surface area contributed by atoms with Gasteiger partial charge in [0.1, 0.15) is 17.3 Å². The van der Waals surface area contributed by atoms with E-state index in [1.807, 2.05) is 32.0 Å². The van der Waals surface area contributed by atoms with Crippen LogP contribution in [0.15, 0.2) is 71.4 Å². The molecule has 32 heavy (non-hydrogen) atoms. The summed E-state index contributed by atoms with van der Waals surface area (Å²) < 4.78 is 13.1. The number of benzene rings is 2. The maximum atomic E-state index is 12.6. The van der Waals surface area contributed by atoms with E-state index in [2.05, 4.69) is 10.4 Å².